The monoisotopic (exact) mass is 543 g/mol. The van der Waals surface area contributed by atoms with Crippen LogP contribution in [0.25, 0.3) is 10.8 Å². The molecule has 2 amide bonds. The lowest BCUT2D eigenvalue weighted by molar-refractivity contribution is -0.141. The van der Waals surface area contributed by atoms with Gasteiger partial charge < -0.3 is 10.2 Å². The molecule has 0 radical (unpaired) electrons. The highest BCUT2D eigenvalue weighted by Crippen LogP contribution is 2.22. The molecule has 4 rings (SSSR count). The number of sulfonamides is 1. The molecule has 0 aliphatic carbocycles. The maximum absolute atomic E-state index is 13.8. The highest BCUT2D eigenvalue weighted by atomic mass is 32.2. The van der Waals surface area contributed by atoms with Crippen molar-refractivity contribution in [1.82, 2.24) is 14.5 Å². The Kier molecular flexibility index (Phi) is 9.11. The SMILES string of the molecule is CCNC(=O)C(Cc1ccccc1)N(Cc1ccccc1)C(=O)CN(C)S(=O)(=O)c1ccc2ccccc2c1. The molecule has 0 saturated heterocycles. The molecule has 0 fully saturated rings. The van der Waals surface area contributed by atoms with E-state index in [4.69, 9.17) is 0 Å². The molecule has 8 heteroatoms. The van der Waals surface area contributed by atoms with Crippen LogP contribution in [-0.2, 0) is 32.6 Å². The van der Waals surface area contributed by atoms with Crippen LogP contribution in [0.3, 0.4) is 0 Å². The van der Waals surface area contributed by atoms with E-state index in [1.54, 1.807) is 18.2 Å². The van der Waals surface area contributed by atoms with Gasteiger partial charge in [0.05, 0.1) is 11.4 Å². The first-order chi connectivity index (χ1) is 18.8. The summed E-state index contributed by atoms with van der Waals surface area (Å²) in [5.74, 6) is -0.747. The molecular weight excluding hydrogens is 510 g/mol. The zero-order chi connectivity index (χ0) is 27.8. The van der Waals surface area contributed by atoms with Crippen molar-refractivity contribution in [2.45, 2.75) is 30.8 Å². The van der Waals surface area contributed by atoms with Gasteiger partial charge in [-0.15, -0.1) is 0 Å². The number of benzene rings is 4. The standard InChI is InChI=1S/C31H33N3O4S/c1-3-32-31(36)29(20-24-12-6-4-7-13-24)34(22-25-14-8-5-9-15-25)30(35)23-33(2)39(37,38)28-19-18-26-16-10-11-17-27(26)21-28/h4-19,21,29H,3,20,22-23H2,1-2H3,(H,32,36). The summed E-state index contributed by atoms with van der Waals surface area (Å²) in [6.45, 7) is 1.99. The van der Waals surface area contributed by atoms with Gasteiger partial charge in [-0.25, -0.2) is 8.42 Å². The number of nitrogens with zero attached hydrogens (tertiary/aromatic N) is 2. The quantitative estimate of drug-likeness (QED) is 0.307. The molecule has 0 aliphatic heterocycles. The first kappa shape index (κ1) is 28.0. The number of rotatable bonds is 11. The molecule has 0 saturated carbocycles. The minimum absolute atomic E-state index is 0.107. The van der Waals surface area contributed by atoms with E-state index in [1.165, 1.54) is 11.9 Å². The van der Waals surface area contributed by atoms with Crippen LogP contribution in [0, 0.1) is 0 Å². The lowest BCUT2D eigenvalue weighted by Gasteiger charge is -2.32. The van der Waals surface area contributed by atoms with E-state index in [1.807, 2.05) is 91.9 Å². The minimum Gasteiger partial charge on any atom is -0.355 e. The Morgan fingerprint density at radius 2 is 1.38 bits per heavy atom. The van der Waals surface area contributed by atoms with Crippen molar-refractivity contribution >= 4 is 32.6 Å². The lowest BCUT2D eigenvalue weighted by atomic mass is 10.0. The normalized spacial score (nSPS) is 12.3. The molecule has 7 nitrogen and oxygen atoms in total. The van der Waals surface area contributed by atoms with Crippen LogP contribution in [0.2, 0.25) is 0 Å². The Bertz CT molecular complexity index is 1530. The van der Waals surface area contributed by atoms with Crippen LogP contribution in [0.4, 0.5) is 0 Å². The molecule has 1 unspecified atom stereocenters. The van der Waals surface area contributed by atoms with Crippen molar-refractivity contribution in [2.24, 2.45) is 0 Å². The van der Waals surface area contributed by atoms with Gasteiger partial charge in [0.2, 0.25) is 21.8 Å². The zero-order valence-corrected chi connectivity index (χ0v) is 23.0. The van der Waals surface area contributed by atoms with E-state index in [9.17, 15) is 18.0 Å². The van der Waals surface area contributed by atoms with Gasteiger partial charge in [0.25, 0.3) is 0 Å². The van der Waals surface area contributed by atoms with Crippen LogP contribution in [0.15, 0.2) is 108 Å². The van der Waals surface area contributed by atoms with Crippen molar-refractivity contribution in [2.75, 3.05) is 20.1 Å². The molecule has 4 aromatic rings. The Labute approximate surface area is 230 Å². The molecule has 0 bridgehead atoms. The van der Waals surface area contributed by atoms with E-state index in [-0.39, 0.29) is 17.3 Å². The third-order valence-corrected chi connectivity index (χ3v) is 8.40. The Morgan fingerprint density at radius 1 is 0.795 bits per heavy atom. The van der Waals surface area contributed by atoms with Gasteiger partial charge >= 0.3 is 0 Å². The molecule has 1 N–H and O–H groups in total. The maximum Gasteiger partial charge on any atom is 0.243 e. The second-order valence-electron chi connectivity index (χ2n) is 9.38. The lowest BCUT2D eigenvalue weighted by Crippen LogP contribution is -2.53. The fourth-order valence-electron chi connectivity index (χ4n) is 4.50. The van der Waals surface area contributed by atoms with Gasteiger partial charge in [0.15, 0.2) is 0 Å². The first-order valence-corrected chi connectivity index (χ1v) is 14.3. The van der Waals surface area contributed by atoms with Crippen LogP contribution in [-0.4, -0.2) is 55.6 Å². The van der Waals surface area contributed by atoms with E-state index in [2.05, 4.69) is 5.32 Å². The highest BCUT2D eigenvalue weighted by molar-refractivity contribution is 7.89. The topological polar surface area (TPSA) is 86.8 Å². The van der Waals surface area contributed by atoms with Crippen molar-refractivity contribution in [3.05, 3.63) is 114 Å². The average molecular weight is 544 g/mol. The summed E-state index contributed by atoms with van der Waals surface area (Å²) >= 11 is 0. The fourth-order valence-corrected chi connectivity index (χ4v) is 5.66. The summed E-state index contributed by atoms with van der Waals surface area (Å²) in [7, 11) is -2.57. The van der Waals surface area contributed by atoms with E-state index in [0.29, 0.717) is 13.0 Å². The summed E-state index contributed by atoms with van der Waals surface area (Å²) in [4.78, 5) is 28.7. The van der Waals surface area contributed by atoms with Crippen molar-refractivity contribution < 1.29 is 18.0 Å². The number of hydrogen-bond donors (Lipinski definition) is 1. The zero-order valence-electron chi connectivity index (χ0n) is 22.2. The molecule has 0 spiro atoms. The Balaban J connectivity index is 1.64. The van der Waals surface area contributed by atoms with Crippen LogP contribution in [0.1, 0.15) is 18.1 Å². The van der Waals surface area contributed by atoms with Crippen LogP contribution >= 0.6 is 0 Å². The van der Waals surface area contributed by atoms with E-state index < -0.39 is 28.5 Å². The number of fused-ring (bicyclic) bond motifs is 1. The van der Waals surface area contributed by atoms with Gasteiger partial charge in [-0.1, -0.05) is 91.0 Å². The summed E-state index contributed by atoms with van der Waals surface area (Å²) < 4.78 is 28.0. The number of carbonyl (C=O) groups excluding carboxylic acids is 2. The molecule has 0 aliphatic rings. The van der Waals surface area contributed by atoms with E-state index in [0.717, 1.165) is 26.2 Å². The summed E-state index contributed by atoms with van der Waals surface area (Å²) in [6.07, 6.45) is 0.298. The molecule has 202 valence electrons. The molecule has 1 atom stereocenters. The smallest absolute Gasteiger partial charge is 0.243 e. The van der Waals surface area contributed by atoms with Crippen molar-refractivity contribution in [1.29, 1.82) is 0 Å². The van der Waals surface area contributed by atoms with Gasteiger partial charge in [-0.3, -0.25) is 9.59 Å². The number of likely N-dealkylation sites (N-methyl/N-ethyl adjacent to an activating group) is 2. The predicted octanol–water partition coefficient (Wildman–Crippen LogP) is 4.24. The number of amides is 2. The average Bonchev–Trinajstić information content (AvgIpc) is 2.95. The summed E-state index contributed by atoms with van der Waals surface area (Å²) in [5, 5.41) is 4.57. The van der Waals surface area contributed by atoms with Gasteiger partial charge in [0, 0.05) is 26.6 Å². The minimum atomic E-state index is -3.96. The first-order valence-electron chi connectivity index (χ1n) is 12.9. The van der Waals surface area contributed by atoms with Crippen LogP contribution in [0.5, 0.6) is 0 Å². The molecule has 0 heterocycles. The highest BCUT2D eigenvalue weighted by Gasteiger charge is 2.32. The van der Waals surface area contributed by atoms with Crippen molar-refractivity contribution in [3.8, 4) is 0 Å². The Morgan fingerprint density at radius 3 is 2.03 bits per heavy atom. The summed E-state index contributed by atoms with van der Waals surface area (Å²) in [5.41, 5.74) is 1.74. The van der Waals surface area contributed by atoms with Gasteiger partial charge in [-0.05, 0) is 41.0 Å². The fraction of sp³-hybridized carbons (Fsp3) is 0.226. The molecule has 4 aromatic carbocycles. The molecule has 0 aromatic heterocycles. The van der Waals surface area contributed by atoms with Crippen LogP contribution < -0.4 is 5.32 Å². The second kappa shape index (κ2) is 12.7. The Hall–Kier alpha value is -4.01. The number of hydrogen-bond acceptors (Lipinski definition) is 4. The van der Waals surface area contributed by atoms with Crippen molar-refractivity contribution in [3.63, 3.8) is 0 Å². The number of nitrogens with one attached hydrogen (secondary N) is 1. The maximum atomic E-state index is 13.8. The van der Waals surface area contributed by atoms with E-state index >= 15 is 0 Å². The van der Waals surface area contributed by atoms with Gasteiger partial charge in [0.1, 0.15) is 6.04 Å². The molecule has 39 heavy (non-hydrogen) atoms. The van der Waals surface area contributed by atoms with Gasteiger partial charge in [-0.2, -0.15) is 4.31 Å². The third kappa shape index (κ3) is 6.90. The number of carbonyl (C=O) groups is 2. The largest absolute Gasteiger partial charge is 0.355 e. The third-order valence-electron chi connectivity index (χ3n) is 6.60. The predicted molar refractivity (Wildman–Crippen MR) is 153 cm³/mol. The summed E-state index contributed by atoms with van der Waals surface area (Å²) in [6, 6.07) is 30.5. The second-order valence-corrected chi connectivity index (χ2v) is 11.4. The molecular formula is C31H33N3O4S.